The minimum absolute atomic E-state index is 0. The molecule has 2 aromatic carbocycles. The van der Waals surface area contributed by atoms with Crippen LogP contribution in [-0.4, -0.2) is 19.9 Å². The van der Waals surface area contributed by atoms with Crippen LogP contribution < -0.4 is 5.30 Å². The maximum Gasteiger partial charge on any atom is 0.137 e. The molecule has 0 bridgehead atoms. The quantitative estimate of drug-likeness (QED) is 0.444. The van der Waals surface area contributed by atoms with Gasteiger partial charge in [-0.1, -0.05) is 68.1 Å². The van der Waals surface area contributed by atoms with Gasteiger partial charge in [-0.05, 0) is 26.1 Å². The van der Waals surface area contributed by atoms with Crippen molar-refractivity contribution in [2.75, 3.05) is 0 Å². The van der Waals surface area contributed by atoms with Gasteiger partial charge < -0.3 is 9.97 Å². The number of nitrogens with zero attached hydrogens (tertiary/aromatic N) is 2. The first-order valence-electron chi connectivity index (χ1n) is 8.41. The molecule has 27 heavy (non-hydrogen) atoms. The van der Waals surface area contributed by atoms with Crippen LogP contribution in [0.5, 0.6) is 0 Å². The van der Waals surface area contributed by atoms with Gasteiger partial charge in [0.05, 0.1) is 5.69 Å². The zero-order valence-corrected chi connectivity index (χ0v) is 16.6. The molecule has 1 unspecified atom stereocenters. The molecule has 4 aromatic rings. The summed E-state index contributed by atoms with van der Waals surface area (Å²) in [5, 5.41) is 1.24. The standard InChI is InChI=1S/C11H12N2.C6H7P.C4H6N2.CH4/c1-8-9(2)13-11(12-8)10-6-4-3-5-7-10;7-6-4-2-1-3-5-6;1-4-5-2-3-6-4;/h3-7H,1-2H3,(H,12,13);1-5H,7H2;2-3H,1H3,(H,5,6);1H4. The van der Waals surface area contributed by atoms with Crippen LogP contribution in [0.1, 0.15) is 24.6 Å². The van der Waals surface area contributed by atoms with Crippen molar-refractivity contribution >= 4 is 14.5 Å². The second-order valence-electron chi connectivity index (χ2n) is 5.75. The number of aryl methyl sites for hydroxylation is 3. The van der Waals surface area contributed by atoms with Gasteiger partial charge in [-0.15, -0.1) is 9.24 Å². The molecule has 2 heterocycles. The number of aromatic nitrogens is 4. The number of nitrogens with one attached hydrogen (secondary N) is 2. The Morgan fingerprint density at radius 1 is 0.852 bits per heavy atom. The first kappa shape index (κ1) is 22.3. The summed E-state index contributed by atoms with van der Waals surface area (Å²) in [6.45, 7) is 5.97. The molecule has 0 fully saturated rings. The molecule has 0 aliphatic carbocycles. The van der Waals surface area contributed by atoms with Crippen molar-refractivity contribution < 1.29 is 0 Å². The van der Waals surface area contributed by atoms with E-state index in [1.165, 1.54) is 5.30 Å². The predicted molar refractivity (Wildman–Crippen MR) is 119 cm³/mol. The van der Waals surface area contributed by atoms with Gasteiger partial charge in [0.15, 0.2) is 0 Å². The van der Waals surface area contributed by atoms with E-state index in [4.69, 9.17) is 0 Å². The fraction of sp³-hybridized carbons (Fsp3) is 0.182. The van der Waals surface area contributed by atoms with Crippen molar-refractivity contribution in [2.24, 2.45) is 0 Å². The fourth-order valence-electron chi connectivity index (χ4n) is 2.08. The van der Waals surface area contributed by atoms with Gasteiger partial charge in [0.25, 0.3) is 0 Å². The van der Waals surface area contributed by atoms with E-state index in [1.54, 1.807) is 12.4 Å². The van der Waals surface area contributed by atoms with Crippen LogP contribution in [0.25, 0.3) is 11.4 Å². The van der Waals surface area contributed by atoms with Crippen LogP contribution in [0.3, 0.4) is 0 Å². The zero-order valence-electron chi connectivity index (χ0n) is 15.4. The van der Waals surface area contributed by atoms with Gasteiger partial charge in [0.1, 0.15) is 11.6 Å². The molecule has 2 N–H and O–H groups in total. The molecule has 0 amide bonds. The smallest absolute Gasteiger partial charge is 0.137 e. The summed E-state index contributed by atoms with van der Waals surface area (Å²) in [5.74, 6) is 1.92. The van der Waals surface area contributed by atoms with Crippen molar-refractivity contribution in [2.45, 2.75) is 28.2 Å². The fourth-order valence-corrected chi connectivity index (χ4v) is 2.30. The minimum Gasteiger partial charge on any atom is -0.349 e. The number of hydrogen-bond acceptors (Lipinski definition) is 2. The molecule has 0 aliphatic heterocycles. The van der Waals surface area contributed by atoms with E-state index in [2.05, 4.69) is 41.3 Å². The summed E-state index contributed by atoms with van der Waals surface area (Å²) in [7, 11) is 2.63. The SMILES string of the molecule is C.Cc1nc(-c2ccccc2)[nH]c1C.Cc1ncc[nH]1.Pc1ccccc1. The molecule has 0 saturated heterocycles. The maximum atomic E-state index is 4.42. The number of rotatable bonds is 1. The second-order valence-corrected chi connectivity index (χ2v) is 6.41. The van der Waals surface area contributed by atoms with Crippen LogP contribution in [0.4, 0.5) is 0 Å². The van der Waals surface area contributed by atoms with Gasteiger partial charge in [-0.3, -0.25) is 0 Å². The number of H-pyrrole nitrogens is 2. The van der Waals surface area contributed by atoms with Crippen molar-refractivity contribution in [1.82, 2.24) is 19.9 Å². The van der Waals surface area contributed by atoms with Crippen LogP contribution >= 0.6 is 9.24 Å². The molecule has 142 valence electrons. The Balaban J connectivity index is 0.000000221. The van der Waals surface area contributed by atoms with Gasteiger partial charge >= 0.3 is 0 Å². The molecule has 4 nitrogen and oxygen atoms in total. The summed E-state index contributed by atoms with van der Waals surface area (Å²) in [4.78, 5) is 14.4. The number of imidazole rings is 2. The summed E-state index contributed by atoms with van der Waals surface area (Å²) in [6, 6.07) is 20.3. The van der Waals surface area contributed by atoms with E-state index in [9.17, 15) is 0 Å². The molecule has 4 rings (SSSR count). The Bertz CT molecular complexity index is 850. The average molecular weight is 380 g/mol. The second kappa shape index (κ2) is 11.8. The zero-order chi connectivity index (χ0) is 18.8. The summed E-state index contributed by atoms with van der Waals surface area (Å²) in [5.41, 5.74) is 3.34. The van der Waals surface area contributed by atoms with Crippen LogP contribution in [0.15, 0.2) is 73.1 Å². The molecule has 0 saturated carbocycles. The number of hydrogen-bond donors (Lipinski definition) is 2. The lowest BCUT2D eigenvalue weighted by Gasteiger charge is -1.93. The molecular formula is C22H29N4P. The third kappa shape index (κ3) is 8.02. The molecule has 0 aliphatic rings. The van der Waals surface area contributed by atoms with Gasteiger partial charge in [-0.25, -0.2) is 9.97 Å². The van der Waals surface area contributed by atoms with Crippen molar-refractivity contribution in [3.8, 4) is 11.4 Å². The van der Waals surface area contributed by atoms with Crippen LogP contribution in [0, 0.1) is 20.8 Å². The predicted octanol–water partition coefficient (Wildman–Crippen LogP) is 5.23. The monoisotopic (exact) mass is 380 g/mol. The molecule has 0 radical (unpaired) electrons. The van der Waals surface area contributed by atoms with E-state index < -0.39 is 0 Å². The highest BCUT2D eigenvalue weighted by molar-refractivity contribution is 7.27. The van der Waals surface area contributed by atoms with Crippen LogP contribution in [-0.2, 0) is 0 Å². The van der Waals surface area contributed by atoms with Crippen LogP contribution in [0.2, 0.25) is 0 Å². The topological polar surface area (TPSA) is 57.4 Å². The lowest BCUT2D eigenvalue weighted by molar-refractivity contribution is 1.15. The summed E-state index contributed by atoms with van der Waals surface area (Å²) >= 11 is 0. The van der Waals surface area contributed by atoms with Gasteiger partial charge in [0, 0.05) is 23.7 Å². The highest BCUT2D eigenvalue weighted by atomic mass is 31.0. The lowest BCUT2D eigenvalue weighted by atomic mass is 10.2. The normalized spacial score (nSPS) is 9.19. The van der Waals surface area contributed by atoms with Crippen molar-refractivity contribution in [1.29, 1.82) is 0 Å². The number of aromatic amines is 2. The first-order chi connectivity index (χ1) is 12.6. The van der Waals surface area contributed by atoms with E-state index >= 15 is 0 Å². The van der Waals surface area contributed by atoms with E-state index in [0.29, 0.717) is 0 Å². The third-order valence-corrected chi connectivity index (χ3v) is 3.99. The Morgan fingerprint density at radius 2 is 1.44 bits per heavy atom. The molecule has 5 heteroatoms. The molecule has 2 aromatic heterocycles. The van der Waals surface area contributed by atoms with Crippen molar-refractivity contribution in [3.63, 3.8) is 0 Å². The summed E-state index contributed by atoms with van der Waals surface area (Å²) in [6.07, 6.45) is 3.53. The van der Waals surface area contributed by atoms with E-state index in [-0.39, 0.29) is 7.43 Å². The highest BCUT2D eigenvalue weighted by Crippen LogP contribution is 2.16. The Morgan fingerprint density at radius 3 is 1.78 bits per heavy atom. The maximum absolute atomic E-state index is 4.42. The molecular weight excluding hydrogens is 351 g/mol. The largest absolute Gasteiger partial charge is 0.349 e. The number of benzene rings is 2. The van der Waals surface area contributed by atoms with Gasteiger partial charge in [0.2, 0.25) is 0 Å². The Labute approximate surface area is 164 Å². The van der Waals surface area contributed by atoms with Crippen molar-refractivity contribution in [3.05, 3.63) is 90.3 Å². The first-order valence-corrected chi connectivity index (χ1v) is 8.99. The summed E-state index contributed by atoms with van der Waals surface area (Å²) < 4.78 is 0. The Hall–Kier alpha value is -2.71. The minimum atomic E-state index is 0. The lowest BCUT2D eigenvalue weighted by Crippen LogP contribution is -1.82. The highest BCUT2D eigenvalue weighted by Gasteiger charge is 2.03. The molecule has 1 atom stereocenters. The Kier molecular flexibility index (Phi) is 9.78. The van der Waals surface area contributed by atoms with E-state index in [0.717, 1.165) is 28.6 Å². The third-order valence-electron chi connectivity index (χ3n) is 3.61. The van der Waals surface area contributed by atoms with E-state index in [1.807, 2.05) is 69.3 Å². The molecule has 0 spiro atoms. The van der Waals surface area contributed by atoms with Gasteiger partial charge in [-0.2, -0.15) is 0 Å². The average Bonchev–Trinajstić information content (AvgIpc) is 3.27.